The van der Waals surface area contributed by atoms with Crippen molar-refractivity contribution in [3.05, 3.63) is 48.0 Å². The van der Waals surface area contributed by atoms with Gasteiger partial charge in [-0.3, -0.25) is 4.68 Å². The summed E-state index contributed by atoms with van der Waals surface area (Å²) in [7, 11) is 1.86. The molecule has 4 rings (SSSR count). The number of aromatic nitrogens is 4. The Balaban J connectivity index is 1.76. The zero-order valence-electron chi connectivity index (χ0n) is 13.4. The first kappa shape index (κ1) is 14.0. The van der Waals surface area contributed by atoms with Crippen molar-refractivity contribution in [1.82, 2.24) is 19.9 Å². The Morgan fingerprint density at radius 2 is 2.04 bits per heavy atom. The van der Waals surface area contributed by atoms with Gasteiger partial charge in [0, 0.05) is 25.2 Å². The molecule has 0 amide bonds. The first-order chi connectivity index (χ1) is 11.0. The van der Waals surface area contributed by atoms with Crippen LogP contribution in [-0.4, -0.2) is 25.5 Å². The van der Waals surface area contributed by atoms with Crippen molar-refractivity contribution in [2.24, 2.45) is 7.05 Å². The molecular weight excluding hydrogens is 292 g/mol. The lowest BCUT2D eigenvalue weighted by molar-refractivity contribution is 0.0725. The Hall–Kier alpha value is -2.63. The lowest BCUT2D eigenvalue weighted by Crippen LogP contribution is -2.35. The molecule has 0 aliphatic carbocycles. The van der Waals surface area contributed by atoms with Crippen LogP contribution in [0, 0.1) is 0 Å². The molecule has 0 radical (unpaired) electrons. The fourth-order valence-corrected chi connectivity index (χ4v) is 3.10. The van der Waals surface area contributed by atoms with Crippen molar-refractivity contribution in [2.75, 3.05) is 0 Å². The van der Waals surface area contributed by atoms with Crippen molar-refractivity contribution >= 4 is 0 Å². The molecule has 23 heavy (non-hydrogen) atoms. The fourth-order valence-electron chi connectivity index (χ4n) is 3.10. The van der Waals surface area contributed by atoms with Crippen molar-refractivity contribution < 1.29 is 9.26 Å². The third kappa shape index (κ3) is 2.40. The van der Waals surface area contributed by atoms with E-state index < -0.39 is 0 Å². The van der Waals surface area contributed by atoms with Crippen LogP contribution in [0.5, 0.6) is 5.75 Å². The summed E-state index contributed by atoms with van der Waals surface area (Å²) in [4.78, 5) is 4.61. The van der Waals surface area contributed by atoms with Gasteiger partial charge in [-0.1, -0.05) is 23.4 Å². The Morgan fingerprint density at radius 3 is 2.83 bits per heavy atom. The highest BCUT2D eigenvalue weighted by molar-refractivity contribution is 5.49. The van der Waals surface area contributed by atoms with Crippen LogP contribution < -0.4 is 4.74 Å². The van der Waals surface area contributed by atoms with Crippen molar-refractivity contribution in [3.8, 4) is 17.3 Å². The summed E-state index contributed by atoms with van der Waals surface area (Å²) in [6.45, 7) is 4.16. The summed E-state index contributed by atoms with van der Waals surface area (Å²) in [5.74, 6) is 2.09. The molecule has 0 saturated heterocycles. The van der Waals surface area contributed by atoms with Gasteiger partial charge in [-0.25, -0.2) is 0 Å². The smallest absolute Gasteiger partial charge is 0.234 e. The normalized spacial score (nSPS) is 19.2. The minimum absolute atomic E-state index is 0.0319. The number of para-hydroxylation sites is 1. The van der Waals surface area contributed by atoms with Crippen molar-refractivity contribution in [3.63, 3.8) is 0 Å². The Kier molecular flexibility index (Phi) is 3.01. The summed E-state index contributed by atoms with van der Waals surface area (Å²) < 4.78 is 13.4. The van der Waals surface area contributed by atoms with Crippen LogP contribution in [0.2, 0.25) is 0 Å². The number of nitrogens with zero attached hydrogens (tertiary/aromatic N) is 4. The van der Waals surface area contributed by atoms with Gasteiger partial charge in [0.15, 0.2) is 0 Å². The standard InChI is InChI=1S/C17H18N4O2/c1-17(2)10-12(11-6-4-5-7-14(11)22-17)16-19-15(20-23-16)13-8-9-18-21(13)3/h4-9,12H,10H2,1-3H3. The number of hydrogen-bond donors (Lipinski definition) is 0. The van der Waals surface area contributed by atoms with E-state index >= 15 is 0 Å². The van der Waals surface area contributed by atoms with Crippen LogP contribution in [0.25, 0.3) is 11.5 Å². The molecule has 1 unspecified atom stereocenters. The minimum Gasteiger partial charge on any atom is -0.488 e. The van der Waals surface area contributed by atoms with Gasteiger partial charge in [-0.2, -0.15) is 10.1 Å². The molecule has 118 valence electrons. The first-order valence-electron chi connectivity index (χ1n) is 7.63. The Morgan fingerprint density at radius 1 is 1.22 bits per heavy atom. The summed E-state index contributed by atoms with van der Waals surface area (Å²) in [5.41, 5.74) is 1.65. The van der Waals surface area contributed by atoms with E-state index in [-0.39, 0.29) is 11.5 Å². The van der Waals surface area contributed by atoms with E-state index in [0.717, 1.165) is 23.4 Å². The molecule has 3 heterocycles. The maximum atomic E-state index is 6.07. The second-order valence-electron chi connectivity index (χ2n) is 6.45. The van der Waals surface area contributed by atoms with E-state index in [1.807, 2.05) is 31.3 Å². The summed E-state index contributed by atoms with van der Waals surface area (Å²) in [6.07, 6.45) is 2.51. The monoisotopic (exact) mass is 310 g/mol. The highest BCUT2D eigenvalue weighted by atomic mass is 16.5. The van der Waals surface area contributed by atoms with Gasteiger partial charge in [-0.15, -0.1) is 0 Å². The molecule has 0 bridgehead atoms. The molecule has 1 aliphatic rings. The SMILES string of the molecule is Cn1nccc1-c1noc(C2CC(C)(C)Oc3ccccc32)n1. The predicted molar refractivity (Wildman–Crippen MR) is 84.1 cm³/mol. The third-order valence-electron chi connectivity index (χ3n) is 4.17. The molecule has 0 fully saturated rings. The lowest BCUT2D eigenvalue weighted by atomic mass is 9.84. The molecule has 0 N–H and O–H groups in total. The third-order valence-corrected chi connectivity index (χ3v) is 4.17. The Labute approximate surface area is 134 Å². The van der Waals surface area contributed by atoms with Gasteiger partial charge in [-0.05, 0) is 26.0 Å². The van der Waals surface area contributed by atoms with Gasteiger partial charge in [0.25, 0.3) is 0 Å². The molecule has 1 aromatic carbocycles. The highest BCUT2D eigenvalue weighted by Crippen LogP contribution is 2.43. The van der Waals surface area contributed by atoms with Crippen molar-refractivity contribution in [2.45, 2.75) is 31.8 Å². The van der Waals surface area contributed by atoms with Crippen LogP contribution in [-0.2, 0) is 7.05 Å². The van der Waals surface area contributed by atoms with Gasteiger partial charge >= 0.3 is 0 Å². The highest BCUT2D eigenvalue weighted by Gasteiger charge is 2.37. The molecule has 6 heteroatoms. The van der Waals surface area contributed by atoms with E-state index in [2.05, 4.69) is 35.2 Å². The average molecular weight is 310 g/mol. The first-order valence-corrected chi connectivity index (χ1v) is 7.63. The van der Waals surface area contributed by atoms with Gasteiger partial charge < -0.3 is 9.26 Å². The fraction of sp³-hybridized carbons (Fsp3) is 0.353. The maximum Gasteiger partial charge on any atom is 0.234 e. The Bertz CT molecular complexity index is 850. The van der Waals surface area contributed by atoms with Crippen LogP contribution >= 0.6 is 0 Å². The summed E-state index contributed by atoms with van der Waals surface area (Å²) >= 11 is 0. The zero-order chi connectivity index (χ0) is 16.0. The molecule has 1 atom stereocenters. The lowest BCUT2D eigenvalue weighted by Gasteiger charge is -2.36. The molecule has 6 nitrogen and oxygen atoms in total. The number of benzene rings is 1. The van der Waals surface area contributed by atoms with E-state index in [1.54, 1.807) is 10.9 Å². The van der Waals surface area contributed by atoms with Crippen molar-refractivity contribution in [1.29, 1.82) is 0 Å². The molecule has 2 aromatic heterocycles. The number of ether oxygens (including phenoxy) is 1. The topological polar surface area (TPSA) is 66.0 Å². The minimum atomic E-state index is -0.278. The van der Waals surface area contributed by atoms with Crippen LogP contribution in [0.1, 0.15) is 37.6 Å². The number of fused-ring (bicyclic) bond motifs is 1. The molecular formula is C17H18N4O2. The summed E-state index contributed by atoms with van der Waals surface area (Å²) in [6, 6.07) is 9.90. The second-order valence-corrected chi connectivity index (χ2v) is 6.45. The number of rotatable bonds is 2. The van der Waals surface area contributed by atoms with E-state index in [1.165, 1.54) is 0 Å². The second kappa shape index (κ2) is 4.94. The molecule has 3 aromatic rings. The van der Waals surface area contributed by atoms with Crippen LogP contribution in [0.15, 0.2) is 41.1 Å². The van der Waals surface area contributed by atoms with E-state index in [4.69, 9.17) is 9.26 Å². The number of aryl methyl sites for hydroxylation is 1. The van der Waals surface area contributed by atoms with Gasteiger partial charge in [0.1, 0.15) is 17.0 Å². The van der Waals surface area contributed by atoms with E-state index in [0.29, 0.717) is 11.7 Å². The number of hydrogen-bond acceptors (Lipinski definition) is 5. The van der Waals surface area contributed by atoms with Gasteiger partial charge in [0.05, 0.1) is 5.92 Å². The zero-order valence-corrected chi connectivity index (χ0v) is 13.4. The van der Waals surface area contributed by atoms with Crippen LogP contribution in [0.3, 0.4) is 0 Å². The quantitative estimate of drug-likeness (QED) is 0.727. The maximum absolute atomic E-state index is 6.07. The predicted octanol–water partition coefficient (Wildman–Crippen LogP) is 3.16. The largest absolute Gasteiger partial charge is 0.488 e. The molecule has 0 saturated carbocycles. The summed E-state index contributed by atoms with van der Waals surface area (Å²) in [5, 5.41) is 8.28. The van der Waals surface area contributed by atoms with Crippen LogP contribution in [0.4, 0.5) is 0 Å². The molecule has 1 aliphatic heterocycles. The average Bonchev–Trinajstić information content (AvgIpc) is 3.14. The molecule has 0 spiro atoms. The van der Waals surface area contributed by atoms with E-state index in [9.17, 15) is 0 Å². The van der Waals surface area contributed by atoms with Gasteiger partial charge in [0.2, 0.25) is 11.7 Å².